The van der Waals surface area contributed by atoms with Crippen LogP contribution in [-0.2, 0) is 21.1 Å². The SMILES string of the molecule is CCCC(=O)Nc1cncc(-c2ccc3[nH]nc(-c4nc5nccc(-c6cc(F)cc(CCS(C)(=O)=O)c6)c5[nH]4)c3c2F)c1. The lowest BCUT2D eigenvalue weighted by Gasteiger charge is -2.08. The van der Waals surface area contributed by atoms with Crippen molar-refractivity contribution in [2.45, 2.75) is 26.2 Å². The van der Waals surface area contributed by atoms with Crippen molar-refractivity contribution in [2.24, 2.45) is 0 Å². The highest BCUT2D eigenvalue weighted by Crippen LogP contribution is 2.35. The van der Waals surface area contributed by atoms with Crippen molar-refractivity contribution in [3.8, 4) is 33.8 Å². The van der Waals surface area contributed by atoms with Gasteiger partial charge in [-0.3, -0.25) is 14.9 Å². The number of hydrogen-bond acceptors (Lipinski definition) is 7. The maximum Gasteiger partial charge on any atom is 0.224 e. The first-order valence-corrected chi connectivity index (χ1v) is 15.9. The van der Waals surface area contributed by atoms with Gasteiger partial charge in [0.1, 0.15) is 27.2 Å². The highest BCUT2D eigenvalue weighted by molar-refractivity contribution is 7.90. The molecule has 6 rings (SSSR count). The second kappa shape index (κ2) is 11.6. The first kappa shape index (κ1) is 29.1. The topological polar surface area (TPSA) is 146 Å². The van der Waals surface area contributed by atoms with E-state index in [1.165, 1.54) is 30.7 Å². The van der Waals surface area contributed by atoms with Crippen molar-refractivity contribution in [3.63, 3.8) is 0 Å². The van der Waals surface area contributed by atoms with Crippen LogP contribution in [-0.4, -0.2) is 56.5 Å². The van der Waals surface area contributed by atoms with Crippen molar-refractivity contribution in [1.29, 1.82) is 0 Å². The van der Waals surface area contributed by atoms with E-state index in [2.05, 4.69) is 35.5 Å². The summed E-state index contributed by atoms with van der Waals surface area (Å²) >= 11 is 0. The van der Waals surface area contributed by atoms with Gasteiger partial charge >= 0.3 is 0 Å². The number of carbonyl (C=O) groups is 1. The van der Waals surface area contributed by atoms with Gasteiger partial charge in [-0.05, 0) is 60.4 Å². The minimum Gasteiger partial charge on any atom is -0.335 e. The van der Waals surface area contributed by atoms with Gasteiger partial charge in [-0.2, -0.15) is 5.10 Å². The molecule has 0 unspecified atom stereocenters. The Morgan fingerprint density at radius 2 is 1.86 bits per heavy atom. The van der Waals surface area contributed by atoms with E-state index in [0.29, 0.717) is 57.5 Å². The highest BCUT2D eigenvalue weighted by Gasteiger charge is 2.21. The summed E-state index contributed by atoms with van der Waals surface area (Å²) in [4.78, 5) is 28.3. The van der Waals surface area contributed by atoms with Crippen molar-refractivity contribution >= 4 is 43.5 Å². The van der Waals surface area contributed by atoms with Gasteiger partial charge < -0.3 is 10.3 Å². The van der Waals surface area contributed by atoms with Crippen molar-refractivity contribution in [3.05, 3.63) is 78.3 Å². The minimum absolute atomic E-state index is 0.108. The number of carbonyl (C=O) groups excluding carboxylic acids is 1. The van der Waals surface area contributed by atoms with Crippen LogP contribution in [0.4, 0.5) is 14.5 Å². The van der Waals surface area contributed by atoms with Gasteiger partial charge in [-0.15, -0.1) is 0 Å². The second-order valence-electron chi connectivity index (χ2n) is 10.6. The number of aromatic amines is 2. The molecule has 0 saturated heterocycles. The predicted octanol–water partition coefficient (Wildman–Crippen LogP) is 5.83. The van der Waals surface area contributed by atoms with Gasteiger partial charge in [0.2, 0.25) is 5.91 Å². The fraction of sp³-hybridized carbons (Fsp3) is 0.194. The Morgan fingerprint density at radius 3 is 2.66 bits per heavy atom. The summed E-state index contributed by atoms with van der Waals surface area (Å²) in [6.07, 6.45) is 6.91. The first-order chi connectivity index (χ1) is 21.1. The number of nitrogens with one attached hydrogen (secondary N) is 3. The molecule has 1 amide bonds. The maximum absolute atomic E-state index is 16.2. The molecule has 10 nitrogen and oxygen atoms in total. The average molecular weight is 616 g/mol. The standard InChI is InChI=1S/C31H27F2N7O3S/c1-3-4-25(41)36-21-14-19(15-34-16-21)22-5-6-24-26(27(22)33)29(40-39-24)31-37-28-23(7-9-35-30(28)38-31)18-11-17(12-20(32)13-18)8-10-44(2,42)43/h5-7,9,11-16H,3-4,8,10H2,1-2H3,(H,36,41)(H,39,40)(H,35,37,38). The van der Waals surface area contributed by atoms with Gasteiger partial charge in [-0.25, -0.2) is 27.2 Å². The van der Waals surface area contributed by atoms with E-state index in [4.69, 9.17) is 0 Å². The maximum atomic E-state index is 16.2. The number of fused-ring (bicyclic) bond motifs is 2. The number of aryl methyl sites for hydroxylation is 1. The second-order valence-corrected chi connectivity index (χ2v) is 12.8. The number of benzene rings is 2. The van der Waals surface area contributed by atoms with E-state index < -0.39 is 21.5 Å². The van der Waals surface area contributed by atoms with E-state index in [9.17, 15) is 17.6 Å². The molecule has 4 aromatic heterocycles. The van der Waals surface area contributed by atoms with Crippen molar-refractivity contribution in [1.82, 2.24) is 30.1 Å². The van der Waals surface area contributed by atoms with E-state index in [0.717, 1.165) is 6.26 Å². The number of sulfone groups is 1. The van der Waals surface area contributed by atoms with Gasteiger partial charge in [0.25, 0.3) is 0 Å². The molecule has 224 valence electrons. The van der Waals surface area contributed by atoms with E-state index in [-0.39, 0.29) is 40.5 Å². The number of rotatable bonds is 9. The predicted molar refractivity (Wildman–Crippen MR) is 165 cm³/mol. The molecule has 3 N–H and O–H groups in total. The van der Waals surface area contributed by atoms with Crippen LogP contribution in [0.2, 0.25) is 0 Å². The number of amides is 1. The Labute approximate surface area is 250 Å². The molecule has 0 radical (unpaired) electrons. The number of H-pyrrole nitrogens is 2. The summed E-state index contributed by atoms with van der Waals surface area (Å²) < 4.78 is 54.1. The molecule has 4 heterocycles. The lowest BCUT2D eigenvalue weighted by Crippen LogP contribution is -2.10. The summed E-state index contributed by atoms with van der Waals surface area (Å²) in [5.41, 5.74) is 4.27. The van der Waals surface area contributed by atoms with Gasteiger partial charge in [0, 0.05) is 41.8 Å². The quantitative estimate of drug-likeness (QED) is 0.185. The van der Waals surface area contributed by atoms with Crippen LogP contribution in [0.25, 0.3) is 55.8 Å². The average Bonchev–Trinajstić information content (AvgIpc) is 3.61. The molecule has 44 heavy (non-hydrogen) atoms. The number of hydrogen-bond donors (Lipinski definition) is 3. The number of anilines is 1. The zero-order valence-electron chi connectivity index (χ0n) is 23.8. The normalized spacial score (nSPS) is 11.8. The third kappa shape index (κ3) is 5.91. The first-order valence-electron chi connectivity index (χ1n) is 13.8. The Hall–Kier alpha value is -5.04. The van der Waals surface area contributed by atoms with Crippen LogP contribution < -0.4 is 5.32 Å². The van der Waals surface area contributed by atoms with Crippen LogP contribution in [0, 0.1) is 11.6 Å². The monoisotopic (exact) mass is 615 g/mol. The number of imidazole rings is 1. The molecule has 0 bridgehead atoms. The van der Waals surface area contributed by atoms with Crippen LogP contribution in [0.1, 0.15) is 25.3 Å². The molecule has 2 aromatic carbocycles. The van der Waals surface area contributed by atoms with Gasteiger partial charge in [0.05, 0.1) is 34.1 Å². The Bertz CT molecular complexity index is 2160. The van der Waals surface area contributed by atoms with E-state index in [1.807, 2.05) is 6.92 Å². The van der Waals surface area contributed by atoms with Crippen LogP contribution >= 0.6 is 0 Å². The molecule has 0 fully saturated rings. The zero-order valence-corrected chi connectivity index (χ0v) is 24.6. The molecule has 0 spiro atoms. The van der Waals surface area contributed by atoms with Gasteiger partial charge in [-0.1, -0.05) is 13.0 Å². The lowest BCUT2D eigenvalue weighted by molar-refractivity contribution is -0.116. The third-order valence-corrected chi connectivity index (χ3v) is 8.07. The molecule has 0 aliphatic rings. The molecular weight excluding hydrogens is 588 g/mol. The summed E-state index contributed by atoms with van der Waals surface area (Å²) in [5, 5.41) is 10.2. The lowest BCUT2D eigenvalue weighted by atomic mass is 10.0. The van der Waals surface area contributed by atoms with Crippen molar-refractivity contribution in [2.75, 3.05) is 17.3 Å². The number of pyridine rings is 2. The zero-order chi connectivity index (χ0) is 31.0. The van der Waals surface area contributed by atoms with Crippen LogP contribution in [0.3, 0.4) is 0 Å². The summed E-state index contributed by atoms with van der Waals surface area (Å²) in [5.74, 6) is -1.08. The number of halogens is 2. The van der Waals surface area contributed by atoms with Crippen LogP contribution in [0.15, 0.2) is 61.1 Å². The minimum atomic E-state index is -3.23. The van der Waals surface area contributed by atoms with Gasteiger partial charge in [0.15, 0.2) is 11.5 Å². The smallest absolute Gasteiger partial charge is 0.224 e. The largest absolute Gasteiger partial charge is 0.335 e. The molecular formula is C31H27F2N7O3S. The third-order valence-electron chi connectivity index (χ3n) is 7.12. The molecule has 0 saturated carbocycles. The summed E-state index contributed by atoms with van der Waals surface area (Å²) in [6.45, 7) is 1.90. The Balaban J connectivity index is 1.40. The number of nitrogens with zero attached hydrogens (tertiary/aromatic N) is 4. The summed E-state index contributed by atoms with van der Waals surface area (Å²) in [7, 11) is -3.23. The molecule has 6 aromatic rings. The summed E-state index contributed by atoms with van der Waals surface area (Å²) in [6, 6.07) is 11.0. The van der Waals surface area contributed by atoms with Crippen LogP contribution in [0.5, 0.6) is 0 Å². The Morgan fingerprint density at radius 1 is 1.02 bits per heavy atom. The Kier molecular flexibility index (Phi) is 7.64. The fourth-order valence-corrected chi connectivity index (χ4v) is 5.70. The molecule has 0 aliphatic carbocycles. The van der Waals surface area contributed by atoms with E-state index in [1.54, 1.807) is 30.3 Å². The fourth-order valence-electron chi connectivity index (χ4n) is 5.09. The highest BCUT2D eigenvalue weighted by atomic mass is 32.2. The molecule has 13 heteroatoms. The number of aromatic nitrogens is 6. The molecule has 0 aliphatic heterocycles. The molecule has 0 atom stereocenters. The van der Waals surface area contributed by atoms with E-state index >= 15 is 4.39 Å². The van der Waals surface area contributed by atoms with Crippen molar-refractivity contribution < 1.29 is 22.0 Å².